The van der Waals surface area contributed by atoms with Crippen LogP contribution < -0.4 is 15.5 Å². The van der Waals surface area contributed by atoms with Gasteiger partial charge in [0.15, 0.2) is 0 Å². The number of hydrogen-bond acceptors (Lipinski definition) is 7. The highest BCUT2D eigenvalue weighted by molar-refractivity contribution is 7.19. The number of ether oxygens (including phenoxy) is 1. The van der Waals surface area contributed by atoms with Gasteiger partial charge in [0.25, 0.3) is 0 Å². The van der Waals surface area contributed by atoms with E-state index >= 15 is 0 Å². The first-order chi connectivity index (χ1) is 13.0. The van der Waals surface area contributed by atoms with Gasteiger partial charge in [-0.25, -0.2) is 4.79 Å². The molecule has 27 heavy (non-hydrogen) atoms. The van der Waals surface area contributed by atoms with Crippen molar-refractivity contribution in [2.45, 2.75) is 33.1 Å². The molecule has 1 aromatic heterocycles. The lowest BCUT2D eigenvalue weighted by Crippen LogP contribution is -2.19. The molecule has 0 bridgehead atoms. The van der Waals surface area contributed by atoms with E-state index in [0.717, 1.165) is 30.1 Å². The summed E-state index contributed by atoms with van der Waals surface area (Å²) in [6.45, 7) is 5.16. The zero-order valence-electron chi connectivity index (χ0n) is 15.8. The number of hydrogen-bond donors (Lipinski definition) is 2. The second-order valence-electron chi connectivity index (χ2n) is 5.92. The summed E-state index contributed by atoms with van der Waals surface area (Å²) >= 11 is 1.32. The van der Waals surface area contributed by atoms with Crippen molar-refractivity contribution in [3.8, 4) is 0 Å². The lowest BCUT2D eigenvalue weighted by molar-refractivity contribution is -0.142. The summed E-state index contributed by atoms with van der Waals surface area (Å²) in [5.41, 5.74) is 1.44. The molecule has 8 nitrogen and oxygen atoms in total. The highest BCUT2D eigenvalue weighted by atomic mass is 32.1. The van der Waals surface area contributed by atoms with E-state index in [0.29, 0.717) is 17.4 Å². The number of aromatic nitrogens is 2. The van der Waals surface area contributed by atoms with E-state index in [1.807, 2.05) is 11.9 Å². The normalized spacial score (nSPS) is 10.3. The molecule has 0 atom stereocenters. The standard InChI is InChI=1S/C18H25N5O3S/c1-4-6-11-23(3)18-22-21-17(27-18)20-16(25)19-14-9-7-13(8-10-14)12-15(24)26-5-2/h7-10H,4-6,11-12H2,1-3H3,(H2,19,20,21,25). The van der Waals surface area contributed by atoms with Gasteiger partial charge in [-0.1, -0.05) is 36.8 Å². The van der Waals surface area contributed by atoms with E-state index < -0.39 is 6.03 Å². The molecule has 2 rings (SSSR count). The molecule has 2 N–H and O–H groups in total. The molecule has 0 aliphatic carbocycles. The third-order valence-electron chi connectivity index (χ3n) is 3.67. The van der Waals surface area contributed by atoms with Crippen molar-refractivity contribution in [3.05, 3.63) is 29.8 Å². The smallest absolute Gasteiger partial charge is 0.325 e. The predicted octanol–water partition coefficient (Wildman–Crippen LogP) is 3.52. The SMILES string of the molecule is CCCCN(C)c1nnc(NC(=O)Nc2ccc(CC(=O)OCC)cc2)s1. The van der Waals surface area contributed by atoms with Crippen molar-refractivity contribution < 1.29 is 14.3 Å². The van der Waals surface area contributed by atoms with Crippen LogP contribution in [0.4, 0.5) is 20.7 Å². The Kier molecular flexibility index (Phi) is 8.00. The van der Waals surface area contributed by atoms with Gasteiger partial charge in [0.05, 0.1) is 13.0 Å². The highest BCUT2D eigenvalue weighted by Crippen LogP contribution is 2.23. The van der Waals surface area contributed by atoms with Gasteiger partial charge in [-0.3, -0.25) is 10.1 Å². The van der Waals surface area contributed by atoms with E-state index in [4.69, 9.17) is 4.74 Å². The van der Waals surface area contributed by atoms with Crippen LogP contribution in [0.25, 0.3) is 0 Å². The molecule has 1 heterocycles. The van der Waals surface area contributed by atoms with Gasteiger partial charge in [-0.2, -0.15) is 0 Å². The molecule has 0 saturated carbocycles. The minimum absolute atomic E-state index is 0.208. The van der Waals surface area contributed by atoms with Crippen LogP contribution in [0.3, 0.4) is 0 Å². The maximum Gasteiger partial charge on any atom is 0.325 e. The second-order valence-corrected chi connectivity index (χ2v) is 6.88. The average Bonchev–Trinajstić information content (AvgIpc) is 3.10. The summed E-state index contributed by atoms with van der Waals surface area (Å²) in [6.07, 6.45) is 2.39. The quantitative estimate of drug-likeness (QED) is 0.635. The Labute approximate surface area is 162 Å². The highest BCUT2D eigenvalue weighted by Gasteiger charge is 2.11. The summed E-state index contributed by atoms with van der Waals surface area (Å²) in [7, 11) is 1.96. The van der Waals surface area contributed by atoms with Crippen LogP contribution in [0.1, 0.15) is 32.3 Å². The molecule has 0 unspecified atom stereocenters. The first-order valence-corrected chi connectivity index (χ1v) is 9.70. The Balaban J connectivity index is 1.85. The number of nitrogens with zero attached hydrogens (tertiary/aromatic N) is 3. The van der Waals surface area contributed by atoms with Crippen LogP contribution >= 0.6 is 11.3 Å². The number of esters is 1. The van der Waals surface area contributed by atoms with Gasteiger partial charge in [0.2, 0.25) is 10.3 Å². The van der Waals surface area contributed by atoms with Crippen molar-refractivity contribution >= 4 is 39.3 Å². The molecule has 0 fully saturated rings. The van der Waals surface area contributed by atoms with Gasteiger partial charge >= 0.3 is 12.0 Å². The minimum atomic E-state index is -0.396. The summed E-state index contributed by atoms with van der Waals surface area (Å²) in [6, 6.07) is 6.62. The Morgan fingerprint density at radius 3 is 2.56 bits per heavy atom. The minimum Gasteiger partial charge on any atom is -0.466 e. The molecule has 2 aromatic rings. The lowest BCUT2D eigenvalue weighted by Gasteiger charge is -2.13. The number of nitrogens with one attached hydrogen (secondary N) is 2. The van der Waals surface area contributed by atoms with Gasteiger partial charge < -0.3 is 15.0 Å². The topological polar surface area (TPSA) is 96.5 Å². The van der Waals surface area contributed by atoms with Gasteiger partial charge in [-0.05, 0) is 31.0 Å². The second kappa shape index (κ2) is 10.5. The molecular weight excluding hydrogens is 366 g/mol. The molecule has 1 aromatic carbocycles. The Hall–Kier alpha value is -2.68. The fourth-order valence-corrected chi connectivity index (χ4v) is 2.98. The number of carbonyl (C=O) groups excluding carboxylic acids is 2. The van der Waals surface area contributed by atoms with Crippen LogP contribution in [-0.2, 0) is 16.0 Å². The number of carbonyl (C=O) groups is 2. The van der Waals surface area contributed by atoms with Gasteiger partial charge in [0.1, 0.15) is 0 Å². The number of urea groups is 1. The third kappa shape index (κ3) is 6.86. The van der Waals surface area contributed by atoms with Crippen LogP contribution in [0.5, 0.6) is 0 Å². The third-order valence-corrected chi connectivity index (χ3v) is 4.63. The van der Waals surface area contributed by atoms with Gasteiger partial charge in [-0.15, -0.1) is 10.2 Å². The maximum absolute atomic E-state index is 12.1. The zero-order valence-corrected chi connectivity index (χ0v) is 16.6. The maximum atomic E-state index is 12.1. The monoisotopic (exact) mass is 391 g/mol. The number of unbranched alkanes of at least 4 members (excludes halogenated alkanes) is 1. The van der Waals surface area contributed by atoms with Gasteiger partial charge in [0, 0.05) is 19.3 Å². The molecule has 0 radical (unpaired) electrons. The predicted molar refractivity (Wildman–Crippen MR) is 108 cm³/mol. The summed E-state index contributed by atoms with van der Waals surface area (Å²) in [4.78, 5) is 25.6. The van der Waals surface area contributed by atoms with Crippen molar-refractivity contribution in [1.29, 1.82) is 0 Å². The van der Waals surface area contributed by atoms with Crippen molar-refractivity contribution in [1.82, 2.24) is 10.2 Å². The van der Waals surface area contributed by atoms with E-state index in [-0.39, 0.29) is 12.4 Å². The average molecular weight is 391 g/mol. The summed E-state index contributed by atoms with van der Waals surface area (Å²) < 4.78 is 4.91. The van der Waals surface area contributed by atoms with Crippen LogP contribution in [-0.4, -0.2) is 42.4 Å². The fraction of sp³-hybridized carbons (Fsp3) is 0.444. The summed E-state index contributed by atoms with van der Waals surface area (Å²) in [5.74, 6) is -0.271. The molecule has 0 aliphatic rings. The molecule has 0 saturated heterocycles. The van der Waals surface area contributed by atoms with Crippen molar-refractivity contribution in [2.75, 3.05) is 35.7 Å². The zero-order chi connectivity index (χ0) is 19.6. The van der Waals surface area contributed by atoms with Crippen molar-refractivity contribution in [2.24, 2.45) is 0 Å². The van der Waals surface area contributed by atoms with E-state index in [1.165, 1.54) is 11.3 Å². The number of anilines is 3. The van der Waals surface area contributed by atoms with Crippen LogP contribution in [0.15, 0.2) is 24.3 Å². The molecule has 0 spiro atoms. The van der Waals surface area contributed by atoms with Crippen molar-refractivity contribution in [3.63, 3.8) is 0 Å². The molecule has 9 heteroatoms. The number of benzene rings is 1. The number of amides is 2. The first kappa shape index (κ1) is 20.6. The largest absolute Gasteiger partial charge is 0.466 e. The lowest BCUT2D eigenvalue weighted by atomic mass is 10.1. The van der Waals surface area contributed by atoms with Crippen LogP contribution in [0, 0.1) is 0 Å². The number of rotatable bonds is 9. The van der Waals surface area contributed by atoms with Crippen LogP contribution in [0.2, 0.25) is 0 Å². The molecule has 146 valence electrons. The fourth-order valence-electron chi connectivity index (χ4n) is 2.26. The van der Waals surface area contributed by atoms with E-state index in [1.54, 1.807) is 31.2 Å². The summed E-state index contributed by atoms with van der Waals surface area (Å²) in [5, 5.41) is 14.7. The Bertz CT molecular complexity index is 748. The van der Waals surface area contributed by atoms with E-state index in [2.05, 4.69) is 27.8 Å². The van der Waals surface area contributed by atoms with E-state index in [9.17, 15) is 9.59 Å². The molecular formula is C18H25N5O3S. The first-order valence-electron chi connectivity index (χ1n) is 8.89. The Morgan fingerprint density at radius 2 is 1.89 bits per heavy atom. The molecule has 2 amide bonds. The Morgan fingerprint density at radius 1 is 1.15 bits per heavy atom. The molecule has 0 aliphatic heterocycles.